The molecule has 2 aliphatic heterocycles. The Bertz CT molecular complexity index is 787. The lowest BCUT2D eigenvalue weighted by atomic mass is 10.0. The smallest absolute Gasteiger partial charge is 0.261 e. The summed E-state index contributed by atoms with van der Waals surface area (Å²) < 4.78 is 0. The van der Waals surface area contributed by atoms with E-state index < -0.39 is 0 Å². The van der Waals surface area contributed by atoms with E-state index in [-0.39, 0.29) is 5.91 Å². The topological polar surface area (TPSA) is 35.6 Å². The Balaban J connectivity index is 1.28. The average molecular weight is 384 g/mol. The van der Waals surface area contributed by atoms with E-state index in [2.05, 4.69) is 52.4 Å². The molecule has 0 saturated carbocycles. The van der Waals surface area contributed by atoms with E-state index >= 15 is 0 Å². The molecule has 1 aromatic heterocycles. The van der Waals surface area contributed by atoms with E-state index in [0.717, 1.165) is 42.4 Å². The first-order valence-corrected chi connectivity index (χ1v) is 11.0. The molecule has 5 heteroatoms. The minimum Gasteiger partial charge on any atom is -0.351 e. The Labute approximate surface area is 166 Å². The zero-order valence-corrected chi connectivity index (χ0v) is 16.9. The monoisotopic (exact) mass is 383 g/mol. The Morgan fingerprint density at radius 2 is 2.07 bits per heavy atom. The van der Waals surface area contributed by atoms with Gasteiger partial charge >= 0.3 is 0 Å². The SMILES string of the molecule is CC1CCCCN1CCCNC(=O)c1ccc(N2CCc3ccccc32)s1. The molecular formula is C22H29N3OS. The van der Waals surface area contributed by atoms with Crippen LogP contribution in [0.1, 0.15) is 47.8 Å². The molecule has 0 spiro atoms. The minimum absolute atomic E-state index is 0.0606. The molecule has 0 bridgehead atoms. The number of rotatable bonds is 6. The van der Waals surface area contributed by atoms with Gasteiger partial charge in [-0.15, -0.1) is 11.3 Å². The third-order valence-electron chi connectivity index (χ3n) is 5.82. The first-order chi connectivity index (χ1) is 13.2. The minimum atomic E-state index is 0.0606. The van der Waals surface area contributed by atoms with Gasteiger partial charge in [0.25, 0.3) is 5.91 Å². The number of amides is 1. The molecule has 0 radical (unpaired) electrons. The molecule has 4 nitrogen and oxygen atoms in total. The zero-order chi connectivity index (χ0) is 18.6. The summed E-state index contributed by atoms with van der Waals surface area (Å²) in [5, 5.41) is 4.26. The first-order valence-electron chi connectivity index (χ1n) is 10.2. The second-order valence-corrected chi connectivity index (χ2v) is 8.72. The molecule has 0 aliphatic carbocycles. The molecule has 4 rings (SSSR count). The molecule has 1 N–H and O–H groups in total. The van der Waals surface area contributed by atoms with Gasteiger partial charge in [-0.3, -0.25) is 4.79 Å². The van der Waals surface area contributed by atoms with Gasteiger partial charge < -0.3 is 15.1 Å². The normalized spacial score (nSPS) is 19.9. The predicted molar refractivity (Wildman–Crippen MR) is 113 cm³/mol. The molecule has 3 heterocycles. The fourth-order valence-corrected chi connectivity index (χ4v) is 5.19. The van der Waals surface area contributed by atoms with Crippen molar-refractivity contribution in [2.24, 2.45) is 0 Å². The molecule has 1 saturated heterocycles. The summed E-state index contributed by atoms with van der Waals surface area (Å²) in [4.78, 5) is 18.2. The van der Waals surface area contributed by atoms with E-state index in [4.69, 9.17) is 0 Å². The highest BCUT2D eigenvalue weighted by Gasteiger charge is 2.22. The number of carbonyl (C=O) groups is 1. The second kappa shape index (κ2) is 8.44. The van der Waals surface area contributed by atoms with Gasteiger partial charge in [-0.2, -0.15) is 0 Å². The number of carbonyl (C=O) groups excluding carboxylic acids is 1. The van der Waals surface area contributed by atoms with Gasteiger partial charge in [0, 0.05) is 31.4 Å². The number of nitrogens with one attached hydrogen (secondary N) is 1. The van der Waals surface area contributed by atoms with Crippen molar-refractivity contribution in [3.05, 3.63) is 46.8 Å². The molecule has 2 aliphatic rings. The van der Waals surface area contributed by atoms with Crippen molar-refractivity contribution in [1.29, 1.82) is 0 Å². The van der Waals surface area contributed by atoms with Crippen LogP contribution in [0.3, 0.4) is 0 Å². The largest absolute Gasteiger partial charge is 0.351 e. The number of fused-ring (bicyclic) bond motifs is 1. The Morgan fingerprint density at radius 1 is 1.19 bits per heavy atom. The Hall–Kier alpha value is -1.85. The van der Waals surface area contributed by atoms with E-state index in [0.29, 0.717) is 6.04 Å². The van der Waals surface area contributed by atoms with Crippen LogP contribution >= 0.6 is 11.3 Å². The van der Waals surface area contributed by atoms with E-state index in [9.17, 15) is 4.79 Å². The maximum absolute atomic E-state index is 12.5. The summed E-state index contributed by atoms with van der Waals surface area (Å²) in [5.41, 5.74) is 2.67. The van der Waals surface area contributed by atoms with Crippen LogP contribution < -0.4 is 10.2 Å². The van der Waals surface area contributed by atoms with Crippen LogP contribution in [0.25, 0.3) is 0 Å². The number of benzene rings is 1. The van der Waals surface area contributed by atoms with Crippen LogP contribution in [0.5, 0.6) is 0 Å². The maximum Gasteiger partial charge on any atom is 0.261 e. The second-order valence-electron chi connectivity index (χ2n) is 7.66. The van der Waals surface area contributed by atoms with Gasteiger partial charge in [-0.25, -0.2) is 0 Å². The lowest BCUT2D eigenvalue weighted by Gasteiger charge is -2.33. The van der Waals surface area contributed by atoms with E-state index in [1.54, 1.807) is 11.3 Å². The summed E-state index contributed by atoms with van der Waals surface area (Å²) in [6.07, 6.45) is 6.08. The average Bonchev–Trinajstić information content (AvgIpc) is 3.33. The highest BCUT2D eigenvalue weighted by molar-refractivity contribution is 7.18. The van der Waals surface area contributed by atoms with Gasteiger partial charge in [0.05, 0.1) is 9.88 Å². The van der Waals surface area contributed by atoms with Crippen LogP contribution in [0, 0.1) is 0 Å². The number of hydrogen-bond donors (Lipinski definition) is 1. The number of likely N-dealkylation sites (tertiary alicyclic amines) is 1. The van der Waals surface area contributed by atoms with Crippen LogP contribution in [-0.2, 0) is 6.42 Å². The standard InChI is InChI=1S/C22H29N3OS/c1-17-7-4-5-14-24(17)15-6-13-23-22(26)20-10-11-21(27-20)25-16-12-18-8-2-3-9-19(18)25/h2-3,8-11,17H,4-7,12-16H2,1H3,(H,23,26). The van der Waals surface area contributed by atoms with Crippen molar-refractivity contribution in [1.82, 2.24) is 10.2 Å². The number of anilines is 2. The third-order valence-corrected chi connectivity index (χ3v) is 6.92. The van der Waals surface area contributed by atoms with Crippen molar-refractivity contribution < 1.29 is 4.79 Å². The van der Waals surface area contributed by atoms with E-state index in [1.165, 1.54) is 37.1 Å². The molecule has 2 aromatic rings. The lowest BCUT2D eigenvalue weighted by Crippen LogP contribution is -2.39. The zero-order valence-electron chi connectivity index (χ0n) is 16.1. The van der Waals surface area contributed by atoms with Crippen molar-refractivity contribution >= 4 is 27.9 Å². The van der Waals surface area contributed by atoms with Gasteiger partial charge in [0.15, 0.2) is 0 Å². The number of hydrogen-bond acceptors (Lipinski definition) is 4. The maximum atomic E-state index is 12.5. The molecule has 27 heavy (non-hydrogen) atoms. The number of thiophene rings is 1. The van der Waals surface area contributed by atoms with Gasteiger partial charge in [-0.05, 0) is 62.9 Å². The first kappa shape index (κ1) is 18.5. The van der Waals surface area contributed by atoms with Crippen molar-refractivity contribution in [2.45, 2.75) is 45.1 Å². The van der Waals surface area contributed by atoms with Gasteiger partial charge in [0.1, 0.15) is 0 Å². The predicted octanol–water partition coefficient (Wildman–Crippen LogP) is 4.44. The summed E-state index contributed by atoms with van der Waals surface area (Å²) in [5.74, 6) is 0.0606. The van der Waals surface area contributed by atoms with Crippen LogP contribution in [0.4, 0.5) is 10.7 Å². The summed E-state index contributed by atoms with van der Waals surface area (Å²) in [6.45, 7) is 6.36. The van der Waals surface area contributed by atoms with Crippen molar-refractivity contribution in [2.75, 3.05) is 31.1 Å². The van der Waals surface area contributed by atoms with Gasteiger partial charge in [0.2, 0.25) is 0 Å². The van der Waals surface area contributed by atoms with Crippen LogP contribution in [0.2, 0.25) is 0 Å². The van der Waals surface area contributed by atoms with Crippen LogP contribution in [0.15, 0.2) is 36.4 Å². The lowest BCUT2D eigenvalue weighted by molar-refractivity contribution is 0.0953. The summed E-state index contributed by atoms with van der Waals surface area (Å²) >= 11 is 1.59. The quantitative estimate of drug-likeness (QED) is 0.749. The highest BCUT2D eigenvalue weighted by atomic mass is 32.1. The molecule has 1 unspecified atom stereocenters. The number of para-hydroxylation sites is 1. The fourth-order valence-electron chi connectivity index (χ4n) is 4.22. The van der Waals surface area contributed by atoms with Gasteiger partial charge in [-0.1, -0.05) is 24.6 Å². The van der Waals surface area contributed by atoms with Crippen LogP contribution in [-0.4, -0.2) is 43.0 Å². The molecule has 144 valence electrons. The number of piperidine rings is 1. The van der Waals surface area contributed by atoms with Crippen molar-refractivity contribution in [3.63, 3.8) is 0 Å². The van der Waals surface area contributed by atoms with E-state index in [1.807, 2.05) is 6.07 Å². The Morgan fingerprint density at radius 3 is 2.96 bits per heavy atom. The molecule has 1 aromatic carbocycles. The molecule has 1 fully saturated rings. The number of nitrogens with zero attached hydrogens (tertiary/aromatic N) is 2. The molecule has 1 amide bonds. The molecular weight excluding hydrogens is 354 g/mol. The Kier molecular flexibility index (Phi) is 5.79. The third kappa shape index (κ3) is 4.19. The molecule has 1 atom stereocenters. The van der Waals surface area contributed by atoms with Crippen molar-refractivity contribution in [3.8, 4) is 0 Å². The fraction of sp³-hybridized carbons (Fsp3) is 0.500. The summed E-state index contributed by atoms with van der Waals surface area (Å²) in [7, 11) is 0. The summed E-state index contributed by atoms with van der Waals surface area (Å²) in [6, 6.07) is 13.3. The highest BCUT2D eigenvalue weighted by Crippen LogP contribution is 2.38.